The molecular weight excluding hydrogens is 281 g/mol. The lowest BCUT2D eigenvalue weighted by atomic mass is 10.1. The number of nitrogens with one attached hydrogen (secondary N) is 2. The van der Waals surface area contributed by atoms with Crippen molar-refractivity contribution < 1.29 is 18.0 Å². The van der Waals surface area contributed by atoms with Gasteiger partial charge in [-0.3, -0.25) is 4.79 Å². The van der Waals surface area contributed by atoms with Gasteiger partial charge in [0.15, 0.2) is 0 Å². The van der Waals surface area contributed by atoms with Crippen molar-refractivity contribution in [3.63, 3.8) is 0 Å². The van der Waals surface area contributed by atoms with E-state index in [4.69, 9.17) is 0 Å². The first-order valence-corrected chi connectivity index (χ1v) is 6.30. The number of nitrogens with zero attached hydrogens (tertiary/aromatic N) is 2. The maximum atomic E-state index is 12.3. The highest BCUT2D eigenvalue weighted by Gasteiger charge is 2.36. The molecule has 0 saturated carbocycles. The number of hydrogen-bond donors (Lipinski definition) is 2. The average molecular weight is 296 g/mol. The van der Waals surface area contributed by atoms with E-state index in [0.717, 1.165) is 0 Å². The van der Waals surface area contributed by atoms with Gasteiger partial charge in [0.2, 0.25) is 16.0 Å². The van der Waals surface area contributed by atoms with E-state index in [2.05, 4.69) is 20.8 Å². The van der Waals surface area contributed by atoms with Crippen LogP contribution in [0, 0.1) is 0 Å². The molecule has 1 unspecified atom stereocenters. The summed E-state index contributed by atoms with van der Waals surface area (Å²) in [5.41, 5.74) is -0.411. The van der Waals surface area contributed by atoms with Crippen LogP contribution >= 0.6 is 11.3 Å². The number of amides is 1. The number of anilines is 1. The summed E-state index contributed by atoms with van der Waals surface area (Å²) in [6.07, 6.45) is -4.52. The SMILES string of the molecule is CC(Nc1nnc(C(F)(F)F)s1)C(=O)NC(C)(C)C. The first-order valence-electron chi connectivity index (χ1n) is 5.48. The van der Waals surface area contributed by atoms with Crippen molar-refractivity contribution in [2.45, 2.75) is 45.5 Å². The topological polar surface area (TPSA) is 66.9 Å². The third-order valence-electron chi connectivity index (χ3n) is 1.90. The molecule has 0 aromatic carbocycles. The monoisotopic (exact) mass is 296 g/mol. The molecule has 1 rings (SSSR count). The van der Waals surface area contributed by atoms with Crippen LogP contribution in [-0.2, 0) is 11.0 Å². The van der Waals surface area contributed by atoms with E-state index in [1.807, 2.05) is 20.8 Å². The molecule has 1 amide bonds. The van der Waals surface area contributed by atoms with E-state index in [9.17, 15) is 18.0 Å². The van der Waals surface area contributed by atoms with Gasteiger partial charge >= 0.3 is 6.18 Å². The highest BCUT2D eigenvalue weighted by Crippen LogP contribution is 2.33. The minimum Gasteiger partial charge on any atom is -0.350 e. The Morgan fingerprint density at radius 2 is 1.84 bits per heavy atom. The first kappa shape index (κ1) is 15.7. The molecule has 0 aliphatic heterocycles. The molecule has 0 saturated heterocycles. The van der Waals surface area contributed by atoms with Crippen LogP contribution in [0.1, 0.15) is 32.7 Å². The largest absolute Gasteiger partial charge is 0.445 e. The van der Waals surface area contributed by atoms with Crippen LogP contribution in [0.25, 0.3) is 0 Å². The van der Waals surface area contributed by atoms with Gasteiger partial charge in [0.05, 0.1) is 0 Å². The lowest BCUT2D eigenvalue weighted by Gasteiger charge is -2.23. The Morgan fingerprint density at radius 1 is 1.26 bits per heavy atom. The molecule has 0 bridgehead atoms. The molecule has 0 radical (unpaired) electrons. The van der Waals surface area contributed by atoms with Crippen molar-refractivity contribution in [3.8, 4) is 0 Å². The highest BCUT2D eigenvalue weighted by atomic mass is 32.1. The van der Waals surface area contributed by atoms with Crippen LogP contribution in [-0.4, -0.2) is 27.7 Å². The maximum Gasteiger partial charge on any atom is 0.445 e. The summed E-state index contributed by atoms with van der Waals surface area (Å²) in [4.78, 5) is 11.7. The second-order valence-corrected chi connectivity index (χ2v) is 5.99. The molecule has 1 aromatic rings. The normalized spacial score (nSPS) is 14.1. The first-order chi connectivity index (χ1) is 8.49. The quantitative estimate of drug-likeness (QED) is 0.898. The Morgan fingerprint density at radius 3 is 2.26 bits per heavy atom. The van der Waals surface area contributed by atoms with Gasteiger partial charge in [0.1, 0.15) is 6.04 Å². The van der Waals surface area contributed by atoms with Crippen LogP contribution in [0.2, 0.25) is 0 Å². The van der Waals surface area contributed by atoms with Gasteiger partial charge in [-0.25, -0.2) is 0 Å². The summed E-state index contributed by atoms with van der Waals surface area (Å²) in [5, 5.41) is 10.6. The fourth-order valence-electron chi connectivity index (χ4n) is 1.12. The van der Waals surface area contributed by atoms with E-state index >= 15 is 0 Å². The van der Waals surface area contributed by atoms with Crippen molar-refractivity contribution in [3.05, 3.63) is 5.01 Å². The lowest BCUT2D eigenvalue weighted by Crippen LogP contribution is -2.47. The summed E-state index contributed by atoms with van der Waals surface area (Å²) in [7, 11) is 0. The predicted octanol–water partition coefficient (Wildman–Crippen LogP) is 2.27. The zero-order valence-corrected chi connectivity index (χ0v) is 11.7. The van der Waals surface area contributed by atoms with Crippen molar-refractivity contribution >= 4 is 22.4 Å². The summed E-state index contributed by atoms with van der Waals surface area (Å²) >= 11 is 0.365. The van der Waals surface area contributed by atoms with Crippen molar-refractivity contribution in [1.82, 2.24) is 15.5 Å². The van der Waals surface area contributed by atoms with Gasteiger partial charge in [0, 0.05) is 5.54 Å². The van der Waals surface area contributed by atoms with E-state index in [-0.39, 0.29) is 11.0 Å². The molecular formula is C10H15F3N4OS. The standard InChI is InChI=1S/C10H15F3N4OS/c1-5(6(18)15-9(2,3)4)14-8-17-16-7(19-8)10(11,12)13/h5H,1-4H3,(H,14,17)(H,15,18). The lowest BCUT2D eigenvalue weighted by molar-refractivity contribution is -0.138. The van der Waals surface area contributed by atoms with Crippen LogP contribution < -0.4 is 10.6 Å². The number of rotatable bonds is 3. The maximum absolute atomic E-state index is 12.3. The fourth-order valence-corrected chi connectivity index (χ4v) is 1.82. The number of aromatic nitrogens is 2. The average Bonchev–Trinajstić information content (AvgIpc) is 2.62. The molecule has 108 valence electrons. The molecule has 5 nitrogen and oxygen atoms in total. The zero-order valence-electron chi connectivity index (χ0n) is 10.9. The Labute approximate surface area is 112 Å². The van der Waals surface area contributed by atoms with Crippen LogP contribution in [0.5, 0.6) is 0 Å². The third kappa shape index (κ3) is 5.01. The molecule has 9 heteroatoms. The summed E-state index contributed by atoms with van der Waals surface area (Å²) in [5.74, 6) is -0.323. The van der Waals surface area contributed by atoms with Crippen molar-refractivity contribution in [2.75, 3.05) is 5.32 Å². The highest BCUT2D eigenvalue weighted by molar-refractivity contribution is 7.15. The fraction of sp³-hybridized carbons (Fsp3) is 0.700. The second kappa shape index (κ2) is 5.32. The molecule has 0 aliphatic carbocycles. The predicted molar refractivity (Wildman–Crippen MR) is 65.9 cm³/mol. The number of halogens is 3. The van der Waals surface area contributed by atoms with E-state index in [1.54, 1.807) is 0 Å². The number of hydrogen-bond acceptors (Lipinski definition) is 5. The molecule has 1 atom stereocenters. The van der Waals surface area contributed by atoms with E-state index in [1.165, 1.54) is 6.92 Å². The summed E-state index contributed by atoms with van der Waals surface area (Å²) < 4.78 is 37.0. The molecule has 0 aliphatic rings. The molecule has 2 N–H and O–H groups in total. The molecule has 19 heavy (non-hydrogen) atoms. The van der Waals surface area contributed by atoms with Crippen molar-refractivity contribution in [2.24, 2.45) is 0 Å². The van der Waals surface area contributed by atoms with Gasteiger partial charge in [-0.1, -0.05) is 11.3 Å². The molecule has 1 aromatic heterocycles. The second-order valence-electron chi connectivity index (χ2n) is 5.02. The van der Waals surface area contributed by atoms with Gasteiger partial charge < -0.3 is 10.6 Å². The number of carbonyl (C=O) groups is 1. The Balaban J connectivity index is 2.65. The molecule has 0 fully saturated rings. The van der Waals surface area contributed by atoms with Crippen LogP contribution in [0.3, 0.4) is 0 Å². The van der Waals surface area contributed by atoms with Crippen molar-refractivity contribution in [1.29, 1.82) is 0 Å². The molecule has 0 spiro atoms. The Hall–Kier alpha value is -1.38. The summed E-state index contributed by atoms with van der Waals surface area (Å²) in [6, 6.07) is -0.701. The number of carbonyl (C=O) groups excluding carboxylic acids is 1. The zero-order chi connectivity index (χ0) is 14.8. The Bertz CT molecular complexity index is 452. The van der Waals surface area contributed by atoms with Crippen LogP contribution in [0.4, 0.5) is 18.3 Å². The minimum absolute atomic E-state index is 0.0381. The third-order valence-corrected chi connectivity index (χ3v) is 2.80. The minimum atomic E-state index is -4.52. The smallest absolute Gasteiger partial charge is 0.350 e. The van der Waals surface area contributed by atoms with Gasteiger partial charge in [0.25, 0.3) is 0 Å². The van der Waals surface area contributed by atoms with Gasteiger partial charge in [-0.2, -0.15) is 13.2 Å². The Kier molecular flexibility index (Phi) is 4.39. The van der Waals surface area contributed by atoms with E-state index < -0.39 is 22.8 Å². The summed E-state index contributed by atoms with van der Waals surface area (Å²) in [6.45, 7) is 6.97. The number of alkyl halides is 3. The van der Waals surface area contributed by atoms with Gasteiger partial charge in [-0.15, -0.1) is 10.2 Å². The molecule has 1 heterocycles. The van der Waals surface area contributed by atoms with Crippen LogP contribution in [0.15, 0.2) is 0 Å². The van der Waals surface area contributed by atoms with Gasteiger partial charge in [-0.05, 0) is 27.7 Å². The van der Waals surface area contributed by atoms with E-state index in [0.29, 0.717) is 11.3 Å².